The minimum atomic E-state index is -0.0274. The van der Waals surface area contributed by atoms with Gasteiger partial charge in [-0.2, -0.15) is 0 Å². The fourth-order valence-electron chi connectivity index (χ4n) is 5.48. The maximum atomic E-state index is 6.36. The second-order valence-corrected chi connectivity index (χ2v) is 10.1. The molecule has 5 rings (SSSR count). The van der Waals surface area contributed by atoms with Crippen LogP contribution in [0.2, 0.25) is 5.02 Å². The molecule has 0 unspecified atom stereocenters. The number of pyridine rings is 1. The number of thiocarbonyl (C=S) groups is 1. The van der Waals surface area contributed by atoms with Crippen molar-refractivity contribution >= 4 is 28.9 Å². The molecular formula is C27H32ClN5OS. The molecule has 2 fully saturated rings. The number of aromatic nitrogens is 2. The van der Waals surface area contributed by atoms with Crippen molar-refractivity contribution < 1.29 is 4.74 Å². The Morgan fingerprint density at radius 2 is 1.86 bits per heavy atom. The number of halogens is 1. The first-order valence-corrected chi connectivity index (χ1v) is 13.0. The number of nitrogens with one attached hydrogen (secondary N) is 1. The van der Waals surface area contributed by atoms with Crippen LogP contribution in [0, 0.1) is 20.8 Å². The molecule has 4 heterocycles. The quantitative estimate of drug-likeness (QED) is 0.484. The van der Waals surface area contributed by atoms with Crippen molar-refractivity contribution in [2.45, 2.75) is 32.9 Å². The number of hydrogen-bond acceptors (Lipinski definition) is 4. The molecule has 1 N–H and O–H groups in total. The molecule has 6 nitrogen and oxygen atoms in total. The molecule has 2 aliphatic heterocycles. The van der Waals surface area contributed by atoms with Crippen LogP contribution in [0.1, 0.15) is 40.3 Å². The van der Waals surface area contributed by atoms with Crippen LogP contribution >= 0.6 is 23.8 Å². The number of hydrogen-bond donors (Lipinski definition) is 1. The van der Waals surface area contributed by atoms with Crippen molar-refractivity contribution in [1.82, 2.24) is 24.7 Å². The van der Waals surface area contributed by atoms with Gasteiger partial charge >= 0.3 is 0 Å². The molecule has 0 bridgehead atoms. The second-order valence-electron chi connectivity index (χ2n) is 9.30. The zero-order valence-corrected chi connectivity index (χ0v) is 22.1. The molecule has 2 aliphatic rings. The molecule has 0 spiro atoms. The standard InChI is InChI=1S/C27H32ClN5OS/c1-18-19(2)33(22-8-6-7-21(28)17-22)20(3)24(18)26-25(23-9-4-5-10-29-23)30-27(35)32(26)12-11-31-13-15-34-16-14-31/h4-10,17,25-26H,11-16H2,1-3H3,(H,30,35)/t25-,26+/m0/s1. The van der Waals surface area contributed by atoms with Crippen molar-refractivity contribution in [2.24, 2.45) is 0 Å². The van der Waals surface area contributed by atoms with E-state index in [0.29, 0.717) is 0 Å². The number of benzene rings is 1. The van der Waals surface area contributed by atoms with Crippen LogP contribution in [0.5, 0.6) is 0 Å². The fourth-order valence-corrected chi connectivity index (χ4v) is 5.99. The maximum Gasteiger partial charge on any atom is 0.170 e. The molecule has 35 heavy (non-hydrogen) atoms. The van der Waals surface area contributed by atoms with Crippen LogP contribution in [0.4, 0.5) is 0 Å². The van der Waals surface area contributed by atoms with E-state index < -0.39 is 0 Å². The fraction of sp³-hybridized carbons (Fsp3) is 0.407. The van der Waals surface area contributed by atoms with Crippen LogP contribution in [0.3, 0.4) is 0 Å². The van der Waals surface area contributed by atoms with Gasteiger partial charge in [0.15, 0.2) is 5.11 Å². The normalized spacial score (nSPS) is 20.9. The maximum absolute atomic E-state index is 6.36. The van der Waals surface area contributed by atoms with Gasteiger partial charge in [0.05, 0.1) is 31.0 Å². The first kappa shape index (κ1) is 24.3. The third-order valence-corrected chi connectivity index (χ3v) is 7.92. The summed E-state index contributed by atoms with van der Waals surface area (Å²) in [6.45, 7) is 11.9. The molecule has 0 aliphatic carbocycles. The molecule has 3 aromatic rings. The summed E-state index contributed by atoms with van der Waals surface area (Å²) >= 11 is 12.3. The van der Waals surface area contributed by atoms with E-state index in [4.69, 9.17) is 33.5 Å². The smallest absolute Gasteiger partial charge is 0.170 e. The minimum absolute atomic E-state index is 0.0274. The van der Waals surface area contributed by atoms with E-state index in [1.54, 1.807) is 0 Å². The zero-order chi connectivity index (χ0) is 24.5. The molecule has 1 aromatic carbocycles. The number of rotatable bonds is 6. The third-order valence-electron chi connectivity index (χ3n) is 7.33. The molecule has 184 valence electrons. The molecule has 2 atom stereocenters. The SMILES string of the molecule is Cc1c([C@@H]2[C@H](c3ccccn3)NC(=S)N2CCN2CCOCC2)c(C)n(-c2cccc(Cl)c2)c1C. The summed E-state index contributed by atoms with van der Waals surface area (Å²) in [6, 6.07) is 14.1. The highest BCUT2D eigenvalue weighted by Gasteiger charge is 2.42. The summed E-state index contributed by atoms with van der Waals surface area (Å²) in [5.41, 5.74) is 7.07. The lowest BCUT2D eigenvalue weighted by atomic mass is 9.93. The second kappa shape index (κ2) is 10.3. The Hall–Kier alpha value is -2.45. The Balaban J connectivity index is 1.57. The predicted octanol–water partition coefficient (Wildman–Crippen LogP) is 4.76. The Bertz CT molecular complexity index is 1210. The summed E-state index contributed by atoms with van der Waals surface area (Å²) in [4.78, 5) is 9.53. The average molecular weight is 510 g/mol. The summed E-state index contributed by atoms with van der Waals surface area (Å²) in [6.07, 6.45) is 1.86. The molecular weight excluding hydrogens is 478 g/mol. The lowest BCUT2D eigenvalue weighted by Gasteiger charge is -2.32. The van der Waals surface area contributed by atoms with Crippen LogP contribution < -0.4 is 5.32 Å². The van der Waals surface area contributed by atoms with Gasteiger partial charge in [-0.1, -0.05) is 23.7 Å². The van der Waals surface area contributed by atoms with E-state index in [1.165, 1.54) is 22.5 Å². The summed E-state index contributed by atoms with van der Waals surface area (Å²) in [5.74, 6) is 0. The number of nitrogens with zero attached hydrogens (tertiary/aromatic N) is 4. The van der Waals surface area contributed by atoms with E-state index >= 15 is 0 Å². The van der Waals surface area contributed by atoms with Crippen molar-refractivity contribution in [1.29, 1.82) is 0 Å². The van der Waals surface area contributed by atoms with Crippen molar-refractivity contribution in [3.8, 4) is 5.69 Å². The summed E-state index contributed by atoms with van der Waals surface area (Å²) in [5, 5.41) is 5.13. The van der Waals surface area contributed by atoms with Crippen LogP contribution in [-0.4, -0.2) is 63.9 Å². The molecule has 2 saturated heterocycles. The topological polar surface area (TPSA) is 45.6 Å². The van der Waals surface area contributed by atoms with E-state index in [1.807, 2.05) is 36.5 Å². The van der Waals surface area contributed by atoms with Gasteiger partial charge in [-0.15, -0.1) is 0 Å². The monoisotopic (exact) mass is 509 g/mol. The first-order valence-electron chi connectivity index (χ1n) is 12.2. The minimum Gasteiger partial charge on any atom is -0.379 e. The highest BCUT2D eigenvalue weighted by atomic mass is 35.5. The average Bonchev–Trinajstić information content (AvgIpc) is 3.30. The van der Waals surface area contributed by atoms with Crippen molar-refractivity contribution in [2.75, 3.05) is 39.4 Å². The van der Waals surface area contributed by atoms with Crippen LogP contribution in [0.15, 0.2) is 48.7 Å². The van der Waals surface area contributed by atoms with Gasteiger partial charge in [0, 0.05) is 60.0 Å². The Kier molecular flexibility index (Phi) is 7.12. The zero-order valence-electron chi connectivity index (χ0n) is 20.5. The van der Waals surface area contributed by atoms with Crippen LogP contribution in [0.25, 0.3) is 5.69 Å². The highest BCUT2D eigenvalue weighted by Crippen LogP contribution is 2.43. The highest BCUT2D eigenvalue weighted by molar-refractivity contribution is 7.80. The largest absolute Gasteiger partial charge is 0.379 e. The number of ether oxygens (including phenoxy) is 1. The van der Waals surface area contributed by atoms with Crippen LogP contribution in [-0.2, 0) is 4.74 Å². The lowest BCUT2D eigenvalue weighted by Crippen LogP contribution is -2.42. The van der Waals surface area contributed by atoms with Crippen molar-refractivity contribution in [3.63, 3.8) is 0 Å². The van der Waals surface area contributed by atoms with Gasteiger partial charge in [-0.3, -0.25) is 9.88 Å². The van der Waals surface area contributed by atoms with Gasteiger partial charge in [-0.25, -0.2) is 0 Å². The lowest BCUT2D eigenvalue weighted by molar-refractivity contribution is 0.0350. The third kappa shape index (κ3) is 4.70. The molecule has 0 amide bonds. The number of morpholine rings is 1. The predicted molar refractivity (Wildman–Crippen MR) is 144 cm³/mol. The van der Waals surface area contributed by atoms with E-state index in [-0.39, 0.29) is 12.1 Å². The molecule has 0 saturated carbocycles. The Morgan fingerprint density at radius 3 is 2.57 bits per heavy atom. The summed E-state index contributed by atoms with van der Waals surface area (Å²) < 4.78 is 7.86. The van der Waals surface area contributed by atoms with E-state index in [9.17, 15) is 0 Å². The van der Waals surface area contributed by atoms with Gasteiger partial charge in [0.1, 0.15) is 0 Å². The van der Waals surface area contributed by atoms with Gasteiger partial charge in [-0.05, 0) is 68.9 Å². The molecule has 8 heteroatoms. The van der Waals surface area contributed by atoms with Gasteiger partial charge in [0.25, 0.3) is 0 Å². The van der Waals surface area contributed by atoms with E-state index in [0.717, 1.165) is 60.9 Å². The molecule has 0 radical (unpaired) electrons. The Morgan fingerprint density at radius 1 is 1.06 bits per heavy atom. The Labute approximate surface area is 217 Å². The summed E-state index contributed by atoms with van der Waals surface area (Å²) in [7, 11) is 0. The first-order chi connectivity index (χ1) is 17.0. The molecule has 2 aromatic heterocycles. The van der Waals surface area contributed by atoms with Gasteiger partial charge < -0.3 is 19.5 Å². The van der Waals surface area contributed by atoms with Crippen molar-refractivity contribution in [3.05, 3.63) is 81.9 Å². The van der Waals surface area contributed by atoms with E-state index in [2.05, 4.69) is 52.6 Å². The van der Waals surface area contributed by atoms with Gasteiger partial charge in [0.2, 0.25) is 0 Å².